The van der Waals surface area contributed by atoms with E-state index in [0.29, 0.717) is 50.0 Å². The van der Waals surface area contributed by atoms with Crippen LogP contribution in [-0.2, 0) is 11.3 Å². The van der Waals surface area contributed by atoms with E-state index in [1.165, 1.54) is 4.90 Å². The van der Waals surface area contributed by atoms with E-state index >= 15 is 0 Å². The lowest BCUT2D eigenvalue weighted by atomic mass is 10.1. The van der Waals surface area contributed by atoms with Gasteiger partial charge in [-0.15, -0.1) is 10.2 Å². The molecule has 1 aromatic carbocycles. The molecule has 1 N–H and O–H groups in total. The van der Waals surface area contributed by atoms with Crippen molar-refractivity contribution in [1.82, 2.24) is 25.3 Å². The molecule has 3 aromatic rings. The number of ether oxygens (including phenoxy) is 2. The second-order valence-electron chi connectivity index (χ2n) is 8.88. The summed E-state index contributed by atoms with van der Waals surface area (Å²) in [6.07, 6.45) is 2.37. The lowest BCUT2D eigenvalue weighted by Crippen LogP contribution is -2.53. The number of methoxy groups -OCH3 is 2. The number of furan rings is 1. The van der Waals surface area contributed by atoms with Crippen molar-refractivity contribution in [2.24, 2.45) is 0 Å². The van der Waals surface area contributed by atoms with Gasteiger partial charge < -0.3 is 33.9 Å². The van der Waals surface area contributed by atoms with Crippen LogP contribution in [0.15, 0.2) is 53.1 Å². The first-order chi connectivity index (χ1) is 18.5. The first-order valence-electron chi connectivity index (χ1n) is 12.7. The molecule has 1 saturated heterocycles. The molecule has 11 heteroatoms. The Hall–Kier alpha value is -4.28. The lowest BCUT2D eigenvalue weighted by Gasteiger charge is -2.36. The number of carbonyl (C=O) groups excluding carboxylic acids is 2. The zero-order valence-corrected chi connectivity index (χ0v) is 22.1. The maximum absolute atomic E-state index is 13.1. The number of anilines is 1. The van der Waals surface area contributed by atoms with E-state index in [1.807, 2.05) is 37.3 Å². The molecule has 2 aromatic heterocycles. The van der Waals surface area contributed by atoms with Crippen LogP contribution in [0.4, 0.5) is 10.6 Å². The molecular weight excluding hydrogens is 488 g/mol. The number of amides is 3. The monoisotopic (exact) mass is 522 g/mol. The summed E-state index contributed by atoms with van der Waals surface area (Å²) in [6, 6.07) is 12.7. The summed E-state index contributed by atoms with van der Waals surface area (Å²) >= 11 is 0. The van der Waals surface area contributed by atoms with Crippen LogP contribution in [0.3, 0.4) is 0 Å². The normalized spacial score (nSPS) is 13.2. The number of nitrogens with one attached hydrogen (secondary N) is 1. The summed E-state index contributed by atoms with van der Waals surface area (Å²) in [4.78, 5) is 31.1. The van der Waals surface area contributed by atoms with E-state index in [9.17, 15) is 9.59 Å². The summed E-state index contributed by atoms with van der Waals surface area (Å²) in [5.41, 5.74) is 1.60. The van der Waals surface area contributed by atoms with Crippen LogP contribution in [0.25, 0.3) is 11.3 Å². The van der Waals surface area contributed by atoms with E-state index in [2.05, 4.69) is 20.4 Å². The molecule has 0 radical (unpaired) electrons. The minimum atomic E-state index is -0.278. The molecule has 0 aliphatic carbocycles. The predicted molar refractivity (Wildman–Crippen MR) is 142 cm³/mol. The van der Waals surface area contributed by atoms with E-state index in [0.717, 1.165) is 23.5 Å². The van der Waals surface area contributed by atoms with Gasteiger partial charge in [-0.25, -0.2) is 4.79 Å². The zero-order valence-electron chi connectivity index (χ0n) is 22.1. The number of carbonyl (C=O) groups is 2. The van der Waals surface area contributed by atoms with Gasteiger partial charge in [-0.3, -0.25) is 4.79 Å². The van der Waals surface area contributed by atoms with Gasteiger partial charge in [-0.1, -0.05) is 6.92 Å². The van der Waals surface area contributed by atoms with Gasteiger partial charge in [-0.2, -0.15) is 0 Å². The highest BCUT2D eigenvalue weighted by molar-refractivity contribution is 5.84. The number of aromatic nitrogens is 2. The number of nitrogens with zero attached hydrogens (tertiary/aromatic N) is 5. The fourth-order valence-electron chi connectivity index (χ4n) is 4.23. The summed E-state index contributed by atoms with van der Waals surface area (Å²) < 4.78 is 16.1. The molecule has 0 bridgehead atoms. The molecule has 1 aliphatic rings. The fourth-order valence-corrected chi connectivity index (χ4v) is 4.23. The summed E-state index contributed by atoms with van der Waals surface area (Å²) in [5.74, 6) is 2.56. The van der Waals surface area contributed by atoms with Crippen molar-refractivity contribution in [2.75, 3.05) is 58.4 Å². The Labute approximate surface area is 222 Å². The van der Waals surface area contributed by atoms with Crippen molar-refractivity contribution in [1.29, 1.82) is 0 Å². The lowest BCUT2D eigenvalue weighted by molar-refractivity contribution is -0.132. The second-order valence-corrected chi connectivity index (χ2v) is 8.88. The Bertz CT molecular complexity index is 1190. The third-order valence-electron chi connectivity index (χ3n) is 6.35. The molecule has 4 rings (SSSR count). The van der Waals surface area contributed by atoms with Crippen LogP contribution in [0.1, 0.15) is 19.1 Å². The Balaban J connectivity index is 1.34. The van der Waals surface area contributed by atoms with Gasteiger partial charge in [0.2, 0.25) is 5.91 Å². The molecule has 38 heavy (non-hydrogen) atoms. The highest BCUT2D eigenvalue weighted by atomic mass is 16.5. The molecule has 11 nitrogen and oxygen atoms in total. The van der Waals surface area contributed by atoms with E-state index in [-0.39, 0.29) is 25.0 Å². The molecule has 0 unspecified atom stereocenters. The van der Waals surface area contributed by atoms with Crippen LogP contribution in [-0.4, -0.2) is 85.4 Å². The smallest absolute Gasteiger partial charge is 0.318 e. The number of hydrogen-bond donors (Lipinski definition) is 1. The number of piperazine rings is 1. The Morgan fingerprint density at radius 2 is 1.82 bits per heavy atom. The highest BCUT2D eigenvalue weighted by Crippen LogP contribution is 2.31. The van der Waals surface area contributed by atoms with Gasteiger partial charge in [0.15, 0.2) is 17.3 Å². The van der Waals surface area contributed by atoms with Crippen molar-refractivity contribution >= 4 is 17.8 Å². The van der Waals surface area contributed by atoms with Crippen molar-refractivity contribution in [3.63, 3.8) is 0 Å². The first-order valence-corrected chi connectivity index (χ1v) is 12.7. The molecule has 3 amide bonds. The van der Waals surface area contributed by atoms with Gasteiger partial charge in [0.25, 0.3) is 0 Å². The predicted octanol–water partition coefficient (Wildman–Crippen LogP) is 3.02. The first kappa shape index (κ1) is 26.8. The van der Waals surface area contributed by atoms with E-state index in [4.69, 9.17) is 13.9 Å². The Morgan fingerprint density at radius 3 is 2.45 bits per heavy atom. The Morgan fingerprint density at radius 1 is 1.03 bits per heavy atom. The number of urea groups is 1. The van der Waals surface area contributed by atoms with Crippen molar-refractivity contribution in [3.05, 3.63) is 54.5 Å². The van der Waals surface area contributed by atoms with Gasteiger partial charge in [0.1, 0.15) is 12.3 Å². The van der Waals surface area contributed by atoms with E-state index in [1.54, 1.807) is 37.5 Å². The third-order valence-corrected chi connectivity index (χ3v) is 6.35. The topological polar surface area (TPSA) is 113 Å². The number of hydrogen-bond acceptors (Lipinski definition) is 8. The summed E-state index contributed by atoms with van der Waals surface area (Å²) in [6.45, 7) is 5.05. The Kier molecular flexibility index (Phi) is 9.02. The minimum Gasteiger partial charge on any atom is -0.493 e. The average Bonchev–Trinajstić information content (AvgIpc) is 3.48. The number of rotatable bonds is 10. The molecule has 202 valence electrons. The SMILES string of the molecule is CCCNC(=O)N(CC(=O)N1CCN(c2ccc(-c3ccc(OC)c(OC)c3)nn2)CC1)Cc1ccco1. The molecule has 0 atom stereocenters. The molecule has 3 heterocycles. The van der Waals surface area contributed by atoms with Crippen LogP contribution in [0.2, 0.25) is 0 Å². The van der Waals surface area contributed by atoms with Gasteiger partial charge in [-0.05, 0) is 48.9 Å². The fraction of sp³-hybridized carbons (Fsp3) is 0.407. The van der Waals surface area contributed by atoms with E-state index < -0.39 is 0 Å². The van der Waals surface area contributed by atoms with Crippen molar-refractivity contribution < 1.29 is 23.5 Å². The van der Waals surface area contributed by atoms with Crippen LogP contribution in [0, 0.1) is 0 Å². The van der Waals surface area contributed by atoms with Gasteiger partial charge in [0.05, 0.1) is 32.7 Å². The molecule has 0 saturated carbocycles. The third kappa shape index (κ3) is 6.53. The highest BCUT2D eigenvalue weighted by Gasteiger charge is 2.26. The number of benzene rings is 1. The van der Waals surface area contributed by atoms with Crippen LogP contribution in [0.5, 0.6) is 11.5 Å². The van der Waals surface area contributed by atoms with Crippen LogP contribution < -0.4 is 19.7 Å². The van der Waals surface area contributed by atoms with Gasteiger partial charge in [0, 0.05) is 38.3 Å². The van der Waals surface area contributed by atoms with Crippen molar-refractivity contribution in [2.45, 2.75) is 19.9 Å². The van der Waals surface area contributed by atoms with Crippen LogP contribution >= 0.6 is 0 Å². The maximum Gasteiger partial charge on any atom is 0.318 e. The largest absolute Gasteiger partial charge is 0.493 e. The maximum atomic E-state index is 13.1. The van der Waals surface area contributed by atoms with Crippen molar-refractivity contribution in [3.8, 4) is 22.8 Å². The molecule has 1 aliphatic heterocycles. The quantitative estimate of drug-likeness (QED) is 0.432. The molecular formula is C27H34N6O5. The zero-order chi connectivity index (χ0) is 26.9. The average molecular weight is 523 g/mol. The second kappa shape index (κ2) is 12.8. The molecule has 1 fully saturated rings. The standard InChI is InChI=1S/C27H34N6O5/c1-4-11-28-27(35)33(18-21-6-5-16-38-21)19-26(34)32-14-12-31(13-15-32)25-10-8-22(29-30-25)20-7-9-23(36-2)24(17-20)37-3/h5-10,16-17H,4,11-15,18-19H2,1-3H3,(H,28,35). The van der Waals surface area contributed by atoms with Gasteiger partial charge >= 0.3 is 6.03 Å². The summed E-state index contributed by atoms with van der Waals surface area (Å²) in [7, 11) is 3.19. The minimum absolute atomic E-state index is 0.0178. The summed E-state index contributed by atoms with van der Waals surface area (Å²) in [5, 5.41) is 11.7. The molecule has 0 spiro atoms.